The predicted octanol–water partition coefficient (Wildman–Crippen LogP) is 5.73. The molecule has 1 amide bonds. The summed E-state index contributed by atoms with van der Waals surface area (Å²) in [5.41, 5.74) is 7.92. The zero-order valence-electron chi connectivity index (χ0n) is 20.0. The number of aldehydes is 1. The minimum atomic E-state index is -3.94. The van der Waals surface area contributed by atoms with Gasteiger partial charge in [-0.1, -0.05) is 30.3 Å². The number of sulfone groups is 1. The van der Waals surface area contributed by atoms with Gasteiger partial charge in [-0.25, -0.2) is 13.2 Å². The number of benzene rings is 2. The van der Waals surface area contributed by atoms with Gasteiger partial charge in [-0.2, -0.15) is 4.99 Å². The van der Waals surface area contributed by atoms with Crippen LogP contribution in [0.3, 0.4) is 0 Å². The Morgan fingerprint density at radius 1 is 1.14 bits per heavy atom. The van der Waals surface area contributed by atoms with E-state index in [4.69, 9.17) is 10.5 Å². The van der Waals surface area contributed by atoms with Crippen LogP contribution in [0.4, 0.5) is 4.79 Å². The maximum absolute atomic E-state index is 13.6. The number of aliphatic imine (C=N–C) groups is 1. The molecule has 2 N–H and O–H groups in total. The van der Waals surface area contributed by atoms with Crippen LogP contribution >= 0.6 is 23.1 Å². The summed E-state index contributed by atoms with van der Waals surface area (Å²) in [5.74, 6) is -0.120. The fourth-order valence-corrected chi connectivity index (χ4v) is 7.32. The van der Waals surface area contributed by atoms with Crippen LogP contribution in [-0.4, -0.2) is 38.5 Å². The van der Waals surface area contributed by atoms with E-state index in [-0.39, 0.29) is 15.6 Å². The van der Waals surface area contributed by atoms with Crippen molar-refractivity contribution in [2.24, 2.45) is 10.7 Å². The number of rotatable bonds is 6. The van der Waals surface area contributed by atoms with E-state index in [1.165, 1.54) is 23.9 Å². The SMILES string of the molecule is CSc1sc(C(N)=NC(=O)OC(C)(C)C)cc1S(=O)(=O)c1cccc(-c2c(C)cccc2C=O)c1. The van der Waals surface area contributed by atoms with Gasteiger partial charge >= 0.3 is 6.09 Å². The van der Waals surface area contributed by atoms with Crippen molar-refractivity contribution in [3.63, 3.8) is 0 Å². The van der Waals surface area contributed by atoms with Gasteiger partial charge in [-0.3, -0.25) is 4.79 Å². The first kappa shape index (κ1) is 26.7. The summed E-state index contributed by atoms with van der Waals surface area (Å²) >= 11 is 2.39. The smallest absolute Gasteiger partial charge is 0.436 e. The normalized spacial score (nSPS) is 12.4. The number of nitrogens with zero attached hydrogens (tertiary/aromatic N) is 1. The second-order valence-electron chi connectivity index (χ2n) is 8.63. The number of thiophene rings is 1. The molecule has 0 saturated carbocycles. The fraction of sp³-hybridized carbons (Fsp3) is 0.240. The topological polar surface area (TPSA) is 116 Å². The van der Waals surface area contributed by atoms with Crippen molar-refractivity contribution in [2.45, 2.75) is 47.3 Å². The molecule has 3 aromatic rings. The molecule has 0 atom stereocenters. The van der Waals surface area contributed by atoms with Gasteiger partial charge in [0.05, 0.1) is 18.9 Å². The van der Waals surface area contributed by atoms with Crippen LogP contribution in [-0.2, 0) is 14.6 Å². The first-order valence-electron chi connectivity index (χ1n) is 10.5. The molecule has 0 unspecified atom stereocenters. The first-order valence-corrected chi connectivity index (χ1v) is 14.1. The Balaban J connectivity index is 2.06. The highest BCUT2D eigenvalue weighted by Gasteiger charge is 2.26. The first-order chi connectivity index (χ1) is 16.4. The number of carbonyl (C=O) groups excluding carboxylic acids is 2. The highest BCUT2D eigenvalue weighted by atomic mass is 32.2. The fourth-order valence-electron chi connectivity index (χ4n) is 3.38. The summed E-state index contributed by atoms with van der Waals surface area (Å²) in [4.78, 5) is 27.9. The highest BCUT2D eigenvalue weighted by molar-refractivity contribution is 8.01. The largest absolute Gasteiger partial charge is 0.442 e. The quantitative estimate of drug-likeness (QED) is 0.187. The van der Waals surface area contributed by atoms with Crippen LogP contribution < -0.4 is 5.73 Å². The average molecular weight is 531 g/mol. The molecule has 0 aliphatic carbocycles. The number of amidine groups is 1. The number of ether oxygens (including phenoxy) is 1. The van der Waals surface area contributed by atoms with Crippen molar-refractivity contribution in [1.82, 2.24) is 0 Å². The summed E-state index contributed by atoms with van der Waals surface area (Å²) < 4.78 is 32.9. The highest BCUT2D eigenvalue weighted by Crippen LogP contribution is 2.38. The predicted molar refractivity (Wildman–Crippen MR) is 141 cm³/mol. The molecule has 0 bridgehead atoms. The van der Waals surface area contributed by atoms with Crippen molar-refractivity contribution >= 4 is 51.2 Å². The van der Waals surface area contributed by atoms with Gasteiger partial charge < -0.3 is 10.5 Å². The van der Waals surface area contributed by atoms with Crippen molar-refractivity contribution in [1.29, 1.82) is 0 Å². The Bertz CT molecular complexity index is 1420. The van der Waals surface area contributed by atoms with E-state index in [0.717, 1.165) is 23.2 Å². The average Bonchev–Trinajstić information content (AvgIpc) is 3.23. The number of aryl methyl sites for hydroxylation is 1. The lowest BCUT2D eigenvalue weighted by Crippen LogP contribution is -2.24. The van der Waals surface area contributed by atoms with E-state index in [9.17, 15) is 18.0 Å². The molecule has 3 rings (SSSR count). The van der Waals surface area contributed by atoms with Crippen molar-refractivity contribution < 1.29 is 22.7 Å². The molecular weight excluding hydrogens is 504 g/mol. The van der Waals surface area contributed by atoms with Crippen LogP contribution in [0.15, 0.2) is 67.5 Å². The van der Waals surface area contributed by atoms with Gasteiger partial charge in [0.2, 0.25) is 9.84 Å². The molecule has 7 nitrogen and oxygen atoms in total. The Hall–Kier alpha value is -2.95. The second-order valence-corrected chi connectivity index (χ2v) is 12.7. The summed E-state index contributed by atoms with van der Waals surface area (Å²) in [6, 6.07) is 13.3. The van der Waals surface area contributed by atoms with Crippen LogP contribution in [0.2, 0.25) is 0 Å². The molecular formula is C25H26N2O5S3. The van der Waals surface area contributed by atoms with Gasteiger partial charge in [-0.15, -0.1) is 23.1 Å². The molecule has 0 saturated heterocycles. The maximum Gasteiger partial charge on any atom is 0.436 e. The van der Waals surface area contributed by atoms with Gasteiger partial charge in [-0.05, 0) is 68.8 Å². The Morgan fingerprint density at radius 3 is 2.46 bits per heavy atom. The minimum absolute atomic E-state index is 0.0740. The Labute approximate surface area is 213 Å². The molecule has 1 aromatic heterocycles. The van der Waals surface area contributed by atoms with E-state index in [0.29, 0.717) is 25.8 Å². The van der Waals surface area contributed by atoms with E-state index >= 15 is 0 Å². The number of amides is 1. The third kappa shape index (κ3) is 6.01. The molecule has 10 heteroatoms. The van der Waals surface area contributed by atoms with Crippen LogP contribution in [0.5, 0.6) is 0 Å². The number of hydrogen-bond donors (Lipinski definition) is 1. The van der Waals surface area contributed by atoms with Crippen LogP contribution in [0.25, 0.3) is 11.1 Å². The molecule has 2 aromatic carbocycles. The van der Waals surface area contributed by atoms with Crippen molar-refractivity contribution in [2.75, 3.05) is 6.26 Å². The summed E-state index contributed by atoms with van der Waals surface area (Å²) in [5, 5.41) is 0. The summed E-state index contributed by atoms with van der Waals surface area (Å²) in [6.07, 6.45) is 1.67. The zero-order valence-corrected chi connectivity index (χ0v) is 22.4. The lowest BCUT2D eigenvalue weighted by atomic mass is 9.96. The lowest BCUT2D eigenvalue weighted by molar-refractivity contribution is 0.0604. The lowest BCUT2D eigenvalue weighted by Gasteiger charge is -2.17. The standard InChI is InChI=1S/C25H26N2O5S3/c1-15-8-6-10-17(14-28)21(15)16-9-7-11-18(12-16)35(30,31)20-13-19(34-23(20)33-5)22(26)27-24(29)32-25(2,3)4/h6-14H,1-5H3,(H2,26,27,29). The summed E-state index contributed by atoms with van der Waals surface area (Å²) in [6.45, 7) is 7.00. The van der Waals surface area contributed by atoms with Crippen LogP contribution in [0, 0.1) is 6.92 Å². The number of thioether (sulfide) groups is 1. The summed E-state index contributed by atoms with van der Waals surface area (Å²) in [7, 11) is -3.94. The molecule has 0 spiro atoms. The van der Waals surface area contributed by atoms with E-state index in [1.54, 1.807) is 57.4 Å². The molecule has 0 radical (unpaired) electrons. The number of nitrogens with two attached hydrogens (primary N) is 1. The molecule has 0 aliphatic rings. The molecule has 0 aliphatic heterocycles. The monoisotopic (exact) mass is 530 g/mol. The third-order valence-electron chi connectivity index (χ3n) is 4.86. The number of carbonyl (C=O) groups is 2. The molecule has 0 fully saturated rings. The Morgan fingerprint density at radius 2 is 1.83 bits per heavy atom. The minimum Gasteiger partial charge on any atom is -0.442 e. The van der Waals surface area contributed by atoms with E-state index in [1.807, 2.05) is 13.0 Å². The Kier molecular flexibility index (Phi) is 7.88. The number of hydrogen-bond acceptors (Lipinski definition) is 7. The van der Waals surface area contributed by atoms with Crippen molar-refractivity contribution in [3.05, 3.63) is 64.5 Å². The van der Waals surface area contributed by atoms with Gasteiger partial charge in [0.25, 0.3) is 0 Å². The maximum atomic E-state index is 13.6. The molecule has 184 valence electrons. The van der Waals surface area contributed by atoms with E-state index in [2.05, 4.69) is 4.99 Å². The second kappa shape index (κ2) is 10.3. The van der Waals surface area contributed by atoms with E-state index < -0.39 is 21.5 Å². The zero-order chi connectivity index (χ0) is 26.0. The van der Waals surface area contributed by atoms with Gasteiger partial charge in [0.1, 0.15) is 11.4 Å². The molecule has 1 heterocycles. The third-order valence-corrected chi connectivity index (χ3v) is 9.19. The van der Waals surface area contributed by atoms with Gasteiger partial charge in [0.15, 0.2) is 6.29 Å². The van der Waals surface area contributed by atoms with Crippen LogP contribution in [0.1, 0.15) is 41.6 Å². The van der Waals surface area contributed by atoms with Crippen molar-refractivity contribution in [3.8, 4) is 11.1 Å². The molecule has 35 heavy (non-hydrogen) atoms. The van der Waals surface area contributed by atoms with Gasteiger partial charge in [0, 0.05) is 5.56 Å².